The Balaban J connectivity index is 1.53. The number of rotatable bonds is 5. The predicted molar refractivity (Wildman–Crippen MR) is 96.1 cm³/mol. The van der Waals surface area contributed by atoms with Crippen LogP contribution in [0, 0.1) is 24.2 Å². The van der Waals surface area contributed by atoms with Crippen molar-refractivity contribution in [3.05, 3.63) is 18.2 Å². The number of terminal acetylenes is 1. The highest BCUT2D eigenvalue weighted by molar-refractivity contribution is 5.89. The first-order chi connectivity index (χ1) is 12.1. The lowest BCUT2D eigenvalue weighted by atomic mass is 9.76. The molecule has 1 aromatic carbocycles. The van der Waals surface area contributed by atoms with Crippen molar-refractivity contribution in [1.29, 1.82) is 0 Å². The van der Waals surface area contributed by atoms with E-state index in [1.54, 1.807) is 32.4 Å². The molecule has 0 spiro atoms. The minimum Gasteiger partial charge on any atom is -0.497 e. The molecule has 3 saturated heterocycles. The Morgan fingerprint density at radius 1 is 1.32 bits per heavy atom. The molecule has 25 heavy (non-hydrogen) atoms. The zero-order valence-corrected chi connectivity index (χ0v) is 14.8. The van der Waals surface area contributed by atoms with Crippen LogP contribution in [0.2, 0.25) is 0 Å². The molecule has 1 unspecified atom stereocenters. The fourth-order valence-electron chi connectivity index (χ4n) is 4.00. The van der Waals surface area contributed by atoms with Crippen molar-refractivity contribution in [1.82, 2.24) is 5.32 Å². The van der Waals surface area contributed by atoms with E-state index in [0.29, 0.717) is 41.6 Å². The fourth-order valence-corrected chi connectivity index (χ4v) is 4.00. The van der Waals surface area contributed by atoms with Crippen LogP contribution in [0.5, 0.6) is 11.5 Å². The van der Waals surface area contributed by atoms with Gasteiger partial charge in [0, 0.05) is 36.7 Å². The first kappa shape index (κ1) is 17.4. The number of hydrogen-bond acceptors (Lipinski definition) is 3. The van der Waals surface area contributed by atoms with Crippen LogP contribution in [0.4, 0.5) is 10.5 Å². The second-order valence-corrected chi connectivity index (χ2v) is 6.80. The van der Waals surface area contributed by atoms with Crippen molar-refractivity contribution >= 4 is 11.7 Å². The van der Waals surface area contributed by atoms with Crippen LogP contribution >= 0.6 is 0 Å². The standard InChI is InChI=1S/C19H25N3O3/c1-4-13-12-22-6-5-14(13)7-16(22)11-20-19(23)21-15-8-17(24-2)10-18(9-15)25-3/h1,8-10,13-14,16H,5-7,11-12H2,2-3H3,(H2,20,21,23)/p+1/t13-,14-,16+/m0/s1. The maximum Gasteiger partial charge on any atom is 0.319 e. The molecule has 0 aliphatic carbocycles. The summed E-state index contributed by atoms with van der Waals surface area (Å²) in [5.41, 5.74) is 0.638. The molecular weight excluding hydrogens is 318 g/mol. The average Bonchev–Trinajstić information content (AvgIpc) is 2.66. The van der Waals surface area contributed by atoms with Crippen LogP contribution in [-0.4, -0.2) is 45.9 Å². The van der Waals surface area contributed by atoms with Gasteiger partial charge in [-0.05, 0) is 5.92 Å². The van der Waals surface area contributed by atoms with Gasteiger partial charge in [-0.3, -0.25) is 0 Å². The zero-order valence-electron chi connectivity index (χ0n) is 14.8. The summed E-state index contributed by atoms with van der Waals surface area (Å²) in [5, 5.41) is 5.83. The van der Waals surface area contributed by atoms with Crippen molar-refractivity contribution in [2.24, 2.45) is 11.8 Å². The van der Waals surface area contributed by atoms with Gasteiger partial charge in [0.1, 0.15) is 17.5 Å². The number of fused-ring (bicyclic) bond motifs is 3. The predicted octanol–water partition coefficient (Wildman–Crippen LogP) is 0.752. The smallest absolute Gasteiger partial charge is 0.319 e. The van der Waals surface area contributed by atoms with E-state index >= 15 is 0 Å². The monoisotopic (exact) mass is 344 g/mol. The van der Waals surface area contributed by atoms with E-state index in [9.17, 15) is 4.79 Å². The first-order valence-corrected chi connectivity index (χ1v) is 8.71. The maximum absolute atomic E-state index is 12.2. The molecule has 3 N–H and O–H groups in total. The Labute approximate surface area is 148 Å². The molecule has 1 aromatic rings. The minimum absolute atomic E-state index is 0.217. The number of urea groups is 1. The SMILES string of the molecule is C#C[C@H]1C[NH+]2CC[C@H]1C[C@@H]2CNC(=O)Nc1cc(OC)cc(OC)c1. The number of nitrogens with one attached hydrogen (secondary N) is 3. The van der Waals surface area contributed by atoms with Crippen LogP contribution in [-0.2, 0) is 0 Å². The van der Waals surface area contributed by atoms with Gasteiger partial charge in [0.15, 0.2) is 0 Å². The lowest BCUT2D eigenvalue weighted by Gasteiger charge is -2.45. The summed E-state index contributed by atoms with van der Waals surface area (Å²) in [6.07, 6.45) is 7.93. The van der Waals surface area contributed by atoms with Gasteiger partial charge >= 0.3 is 6.03 Å². The van der Waals surface area contributed by atoms with E-state index in [4.69, 9.17) is 15.9 Å². The molecule has 0 aromatic heterocycles. The van der Waals surface area contributed by atoms with Crippen LogP contribution in [0.25, 0.3) is 0 Å². The topological polar surface area (TPSA) is 64.0 Å². The van der Waals surface area contributed by atoms with E-state index in [2.05, 4.69) is 16.6 Å². The Morgan fingerprint density at radius 3 is 2.60 bits per heavy atom. The summed E-state index contributed by atoms with van der Waals surface area (Å²) >= 11 is 0. The summed E-state index contributed by atoms with van der Waals surface area (Å²) < 4.78 is 10.4. The number of anilines is 1. The number of hydrogen-bond donors (Lipinski definition) is 3. The van der Waals surface area contributed by atoms with Crippen LogP contribution in [0.1, 0.15) is 12.8 Å². The number of piperidine rings is 3. The van der Waals surface area contributed by atoms with Gasteiger partial charge in [0.25, 0.3) is 0 Å². The number of carbonyl (C=O) groups excluding carboxylic acids is 1. The van der Waals surface area contributed by atoms with Crippen molar-refractivity contribution in [2.75, 3.05) is 39.2 Å². The molecule has 3 aliphatic heterocycles. The van der Waals surface area contributed by atoms with Crippen molar-refractivity contribution in [3.63, 3.8) is 0 Å². The Morgan fingerprint density at radius 2 is 2.04 bits per heavy atom. The molecule has 2 amide bonds. The molecule has 6 nitrogen and oxygen atoms in total. The van der Waals surface area contributed by atoms with E-state index in [-0.39, 0.29) is 6.03 Å². The summed E-state index contributed by atoms with van der Waals surface area (Å²) in [6, 6.07) is 5.52. The van der Waals surface area contributed by atoms with Gasteiger partial charge in [-0.25, -0.2) is 4.79 Å². The molecule has 4 rings (SSSR count). The van der Waals surface area contributed by atoms with Crippen molar-refractivity contribution in [3.8, 4) is 23.8 Å². The highest BCUT2D eigenvalue weighted by Crippen LogP contribution is 2.27. The van der Waals surface area contributed by atoms with Gasteiger partial charge < -0.3 is 25.0 Å². The summed E-state index contributed by atoms with van der Waals surface area (Å²) in [7, 11) is 3.16. The minimum atomic E-state index is -0.217. The summed E-state index contributed by atoms with van der Waals surface area (Å²) in [5.74, 6) is 5.21. The number of quaternary nitrogens is 1. The second-order valence-electron chi connectivity index (χ2n) is 6.80. The molecule has 134 valence electrons. The lowest BCUT2D eigenvalue weighted by Crippen LogP contribution is -3.20. The third kappa shape index (κ3) is 3.99. The number of methoxy groups -OCH3 is 2. The van der Waals surface area contributed by atoms with Gasteiger partial charge in [0.05, 0.1) is 39.8 Å². The molecule has 2 bridgehead atoms. The molecular formula is C19H26N3O3+. The molecule has 6 heteroatoms. The first-order valence-electron chi connectivity index (χ1n) is 8.71. The molecule has 3 heterocycles. The Bertz CT molecular complexity index is 648. The van der Waals surface area contributed by atoms with Gasteiger partial charge in [-0.2, -0.15) is 0 Å². The van der Waals surface area contributed by atoms with Crippen LogP contribution in [0.15, 0.2) is 18.2 Å². The number of benzene rings is 1. The molecule has 0 radical (unpaired) electrons. The van der Waals surface area contributed by atoms with Gasteiger partial charge in [-0.1, -0.05) is 5.92 Å². The Kier molecular flexibility index (Phi) is 5.34. The van der Waals surface area contributed by atoms with Gasteiger partial charge in [0.2, 0.25) is 0 Å². The van der Waals surface area contributed by atoms with E-state index in [1.807, 2.05) is 0 Å². The van der Waals surface area contributed by atoms with Crippen LogP contribution in [0.3, 0.4) is 0 Å². The quantitative estimate of drug-likeness (QED) is 0.691. The average molecular weight is 344 g/mol. The Hall–Kier alpha value is -2.39. The van der Waals surface area contributed by atoms with E-state index in [1.165, 1.54) is 11.3 Å². The highest BCUT2D eigenvalue weighted by Gasteiger charge is 2.42. The van der Waals surface area contributed by atoms with Crippen molar-refractivity contribution in [2.45, 2.75) is 18.9 Å². The van der Waals surface area contributed by atoms with E-state index in [0.717, 1.165) is 19.5 Å². The molecule has 3 fully saturated rings. The third-order valence-corrected chi connectivity index (χ3v) is 5.38. The van der Waals surface area contributed by atoms with Crippen LogP contribution < -0.4 is 25.0 Å². The summed E-state index contributed by atoms with van der Waals surface area (Å²) in [4.78, 5) is 13.8. The van der Waals surface area contributed by atoms with Crippen molar-refractivity contribution < 1.29 is 19.2 Å². The number of carbonyl (C=O) groups is 1. The normalized spacial score (nSPS) is 27.2. The summed E-state index contributed by atoms with van der Waals surface area (Å²) in [6.45, 7) is 2.85. The maximum atomic E-state index is 12.2. The number of ether oxygens (including phenoxy) is 2. The number of amides is 2. The third-order valence-electron chi connectivity index (χ3n) is 5.38. The molecule has 4 atom stereocenters. The zero-order chi connectivity index (χ0) is 17.8. The van der Waals surface area contributed by atoms with E-state index < -0.39 is 0 Å². The fraction of sp³-hybridized carbons (Fsp3) is 0.526. The highest BCUT2D eigenvalue weighted by atomic mass is 16.5. The second kappa shape index (κ2) is 7.66. The molecule has 3 aliphatic rings. The molecule has 0 saturated carbocycles. The largest absolute Gasteiger partial charge is 0.497 e. The van der Waals surface area contributed by atoms with Gasteiger partial charge in [-0.15, -0.1) is 6.42 Å². The lowest BCUT2D eigenvalue weighted by molar-refractivity contribution is -0.943.